The Morgan fingerprint density at radius 1 is 1.33 bits per heavy atom. The Hall–Kier alpha value is -3.39. The highest BCUT2D eigenvalue weighted by Crippen LogP contribution is 2.34. The lowest BCUT2D eigenvalue weighted by Gasteiger charge is -2.29. The van der Waals surface area contributed by atoms with Gasteiger partial charge in [-0.05, 0) is 35.9 Å². The van der Waals surface area contributed by atoms with Gasteiger partial charge in [-0.1, -0.05) is 23.7 Å². The molecule has 1 atom stereocenters. The number of hydrogen-bond acceptors (Lipinski definition) is 4. The number of carbonyl (C=O) groups is 2. The first kappa shape index (κ1) is 19.9. The number of ether oxygens (including phenoxy) is 1. The summed E-state index contributed by atoms with van der Waals surface area (Å²) in [7, 11) is 1.78. The van der Waals surface area contributed by atoms with Crippen LogP contribution >= 0.6 is 11.6 Å². The van der Waals surface area contributed by atoms with Gasteiger partial charge in [-0.15, -0.1) is 0 Å². The van der Waals surface area contributed by atoms with Crippen LogP contribution in [0.15, 0.2) is 54.9 Å². The van der Waals surface area contributed by atoms with Crippen molar-refractivity contribution in [2.75, 3.05) is 18.1 Å². The zero-order valence-electron chi connectivity index (χ0n) is 16.0. The number of aromatic nitrogens is 2. The molecule has 1 unspecified atom stereocenters. The number of halogens is 2. The standard InChI is InChI=1S/C21H18ClFN4O3/c1-26-8-7-24-21(26)20(13-3-2-4-15(23)9-13)25-18(28)11-27-16-10-14(22)5-6-17(16)30-12-19(27)29/h2-10,20H,11-12H2,1H3,(H,25,28). The van der Waals surface area contributed by atoms with Gasteiger partial charge in [0, 0.05) is 24.5 Å². The van der Waals surface area contributed by atoms with E-state index >= 15 is 0 Å². The van der Waals surface area contributed by atoms with Crippen molar-refractivity contribution in [2.45, 2.75) is 6.04 Å². The fourth-order valence-corrected chi connectivity index (χ4v) is 3.50. The molecule has 0 bridgehead atoms. The summed E-state index contributed by atoms with van der Waals surface area (Å²) in [5.41, 5.74) is 0.961. The van der Waals surface area contributed by atoms with Gasteiger partial charge in [-0.3, -0.25) is 14.5 Å². The molecule has 4 rings (SSSR count). The molecular weight excluding hydrogens is 411 g/mol. The normalized spacial score (nSPS) is 14.1. The van der Waals surface area contributed by atoms with Crippen LogP contribution in [-0.4, -0.2) is 34.5 Å². The van der Waals surface area contributed by atoms with Gasteiger partial charge in [0.2, 0.25) is 5.91 Å². The summed E-state index contributed by atoms with van der Waals surface area (Å²) in [4.78, 5) is 30.9. The van der Waals surface area contributed by atoms with Gasteiger partial charge in [0.15, 0.2) is 6.61 Å². The summed E-state index contributed by atoms with van der Waals surface area (Å²) in [6, 6.07) is 10.1. The minimum atomic E-state index is -0.692. The predicted molar refractivity (Wildman–Crippen MR) is 109 cm³/mol. The summed E-state index contributed by atoms with van der Waals surface area (Å²) in [5, 5.41) is 3.28. The van der Waals surface area contributed by atoms with Crippen LogP contribution in [-0.2, 0) is 16.6 Å². The summed E-state index contributed by atoms with van der Waals surface area (Å²) in [6.07, 6.45) is 3.33. The van der Waals surface area contributed by atoms with E-state index in [0.29, 0.717) is 27.8 Å². The molecule has 1 aromatic heterocycles. The number of fused-ring (bicyclic) bond motifs is 1. The maximum atomic E-state index is 13.8. The van der Waals surface area contributed by atoms with Crippen molar-refractivity contribution in [2.24, 2.45) is 7.05 Å². The zero-order chi connectivity index (χ0) is 21.3. The van der Waals surface area contributed by atoms with Crippen molar-refractivity contribution in [3.8, 4) is 5.75 Å². The molecule has 7 nitrogen and oxygen atoms in total. The third kappa shape index (κ3) is 3.99. The van der Waals surface area contributed by atoms with E-state index in [4.69, 9.17) is 16.3 Å². The predicted octanol–water partition coefficient (Wildman–Crippen LogP) is 2.84. The zero-order valence-corrected chi connectivity index (χ0v) is 16.8. The highest BCUT2D eigenvalue weighted by atomic mass is 35.5. The van der Waals surface area contributed by atoms with E-state index in [1.807, 2.05) is 0 Å². The lowest BCUT2D eigenvalue weighted by Crippen LogP contribution is -2.46. The highest BCUT2D eigenvalue weighted by molar-refractivity contribution is 6.31. The number of amides is 2. The van der Waals surface area contributed by atoms with Crippen LogP contribution < -0.4 is 15.0 Å². The number of anilines is 1. The molecular formula is C21H18ClFN4O3. The van der Waals surface area contributed by atoms with Crippen molar-refractivity contribution in [1.29, 1.82) is 0 Å². The second-order valence-electron chi connectivity index (χ2n) is 6.83. The molecule has 0 radical (unpaired) electrons. The van der Waals surface area contributed by atoms with Gasteiger partial charge in [-0.2, -0.15) is 0 Å². The van der Waals surface area contributed by atoms with Crippen LogP contribution in [0.4, 0.5) is 10.1 Å². The Morgan fingerprint density at radius 3 is 2.90 bits per heavy atom. The number of aryl methyl sites for hydroxylation is 1. The Labute approximate surface area is 177 Å². The Balaban J connectivity index is 1.60. The van der Waals surface area contributed by atoms with Crippen molar-refractivity contribution < 1.29 is 18.7 Å². The van der Waals surface area contributed by atoms with E-state index < -0.39 is 17.8 Å². The van der Waals surface area contributed by atoms with Crippen molar-refractivity contribution in [1.82, 2.24) is 14.9 Å². The fraction of sp³-hybridized carbons (Fsp3) is 0.190. The van der Waals surface area contributed by atoms with E-state index in [1.165, 1.54) is 17.0 Å². The average molecular weight is 429 g/mol. The van der Waals surface area contributed by atoms with Gasteiger partial charge in [0.05, 0.1) is 5.69 Å². The molecule has 1 aliphatic rings. The molecule has 30 heavy (non-hydrogen) atoms. The summed E-state index contributed by atoms with van der Waals surface area (Å²) >= 11 is 6.05. The number of nitrogens with one attached hydrogen (secondary N) is 1. The summed E-state index contributed by atoms with van der Waals surface area (Å²) < 4.78 is 21.0. The molecule has 2 heterocycles. The van der Waals surface area contributed by atoms with E-state index in [1.54, 1.807) is 54.3 Å². The van der Waals surface area contributed by atoms with Gasteiger partial charge in [-0.25, -0.2) is 9.37 Å². The van der Waals surface area contributed by atoms with Crippen LogP contribution in [0, 0.1) is 5.82 Å². The molecule has 3 aromatic rings. The van der Waals surface area contributed by atoms with E-state index in [0.717, 1.165) is 0 Å². The molecule has 1 N–H and O–H groups in total. The van der Waals surface area contributed by atoms with Crippen molar-refractivity contribution >= 4 is 29.1 Å². The molecule has 2 amide bonds. The minimum absolute atomic E-state index is 0.172. The molecule has 0 fully saturated rings. The fourth-order valence-electron chi connectivity index (χ4n) is 3.34. The lowest BCUT2D eigenvalue weighted by atomic mass is 10.1. The van der Waals surface area contributed by atoms with E-state index in [2.05, 4.69) is 10.3 Å². The maximum absolute atomic E-state index is 13.8. The first-order chi connectivity index (χ1) is 14.4. The van der Waals surface area contributed by atoms with E-state index in [-0.39, 0.29) is 19.1 Å². The second kappa shape index (κ2) is 8.16. The van der Waals surface area contributed by atoms with Crippen molar-refractivity contribution in [3.63, 3.8) is 0 Å². The quantitative estimate of drug-likeness (QED) is 0.678. The van der Waals surface area contributed by atoms with Crippen molar-refractivity contribution in [3.05, 3.63) is 77.1 Å². The Kier molecular flexibility index (Phi) is 5.41. The highest BCUT2D eigenvalue weighted by Gasteiger charge is 2.29. The Morgan fingerprint density at radius 2 is 2.17 bits per heavy atom. The molecule has 0 saturated carbocycles. The van der Waals surface area contributed by atoms with Crippen LogP contribution in [0.1, 0.15) is 17.4 Å². The first-order valence-corrected chi connectivity index (χ1v) is 9.55. The van der Waals surface area contributed by atoms with Gasteiger partial charge < -0.3 is 14.6 Å². The second-order valence-corrected chi connectivity index (χ2v) is 7.27. The van der Waals surface area contributed by atoms with E-state index in [9.17, 15) is 14.0 Å². The largest absolute Gasteiger partial charge is 0.482 e. The molecule has 2 aromatic carbocycles. The van der Waals surface area contributed by atoms with Gasteiger partial charge >= 0.3 is 0 Å². The van der Waals surface area contributed by atoms with Crippen LogP contribution in [0.25, 0.3) is 0 Å². The van der Waals surface area contributed by atoms with Crippen LogP contribution in [0.2, 0.25) is 5.02 Å². The number of benzene rings is 2. The molecule has 0 aliphatic carbocycles. The van der Waals surface area contributed by atoms with Crippen LogP contribution in [0.3, 0.4) is 0 Å². The molecule has 0 saturated heterocycles. The third-order valence-corrected chi connectivity index (χ3v) is 5.00. The monoisotopic (exact) mass is 428 g/mol. The van der Waals surface area contributed by atoms with Gasteiger partial charge in [0.25, 0.3) is 5.91 Å². The number of nitrogens with zero attached hydrogens (tertiary/aromatic N) is 3. The number of carbonyl (C=O) groups excluding carboxylic acids is 2. The SMILES string of the molecule is Cn1ccnc1C(NC(=O)CN1C(=O)COc2ccc(Cl)cc21)c1cccc(F)c1. The minimum Gasteiger partial charge on any atom is -0.482 e. The van der Waals surface area contributed by atoms with Crippen LogP contribution in [0.5, 0.6) is 5.75 Å². The molecule has 1 aliphatic heterocycles. The Bertz CT molecular complexity index is 1120. The number of imidazole rings is 1. The third-order valence-electron chi connectivity index (χ3n) is 4.77. The van der Waals surface area contributed by atoms with Gasteiger partial charge in [0.1, 0.15) is 30.0 Å². The smallest absolute Gasteiger partial charge is 0.265 e. The molecule has 9 heteroatoms. The maximum Gasteiger partial charge on any atom is 0.265 e. The first-order valence-electron chi connectivity index (χ1n) is 9.17. The topological polar surface area (TPSA) is 76.5 Å². The average Bonchev–Trinajstić information content (AvgIpc) is 3.14. The summed E-state index contributed by atoms with van der Waals surface area (Å²) in [5.74, 6) is -0.219. The number of hydrogen-bond donors (Lipinski definition) is 1. The summed E-state index contributed by atoms with van der Waals surface area (Å²) in [6.45, 7) is -0.416. The lowest BCUT2D eigenvalue weighted by molar-refractivity contribution is -0.125. The molecule has 154 valence electrons. The number of rotatable bonds is 5. The molecule has 0 spiro atoms.